The second-order valence-electron chi connectivity index (χ2n) is 6.14. The molecule has 25 heavy (non-hydrogen) atoms. The lowest BCUT2D eigenvalue weighted by molar-refractivity contribution is 0.0852. The van der Waals surface area contributed by atoms with E-state index in [4.69, 9.17) is 16.3 Å². The van der Waals surface area contributed by atoms with Gasteiger partial charge in [-0.15, -0.1) is 5.10 Å². The Morgan fingerprint density at radius 1 is 1.24 bits per heavy atom. The minimum Gasteiger partial charge on any atom is -0.381 e. The summed E-state index contributed by atoms with van der Waals surface area (Å²) in [5.74, 6) is 1.20. The van der Waals surface area contributed by atoms with E-state index >= 15 is 0 Å². The molecule has 4 rings (SSSR count). The third kappa shape index (κ3) is 3.52. The van der Waals surface area contributed by atoms with Crippen LogP contribution in [0.2, 0.25) is 5.28 Å². The summed E-state index contributed by atoms with van der Waals surface area (Å²) in [5, 5.41) is 7.97. The standard InChI is InChI=1S/C18H18BrClN4O/c19-16-14(13-6-8-25-9-7-13)10-15-17(22-18(20)23-24(15)16)21-11-12-4-2-1-3-5-12/h1-5,10,13H,6-9,11H2,(H,21,22,23). The first-order chi connectivity index (χ1) is 12.2. The van der Waals surface area contributed by atoms with Crippen molar-refractivity contribution in [1.82, 2.24) is 14.6 Å². The van der Waals surface area contributed by atoms with E-state index in [-0.39, 0.29) is 5.28 Å². The molecule has 1 N–H and O–H groups in total. The van der Waals surface area contributed by atoms with Crippen LogP contribution in [0.5, 0.6) is 0 Å². The molecule has 0 aliphatic carbocycles. The summed E-state index contributed by atoms with van der Waals surface area (Å²) in [6.07, 6.45) is 2.03. The first kappa shape index (κ1) is 16.8. The predicted molar refractivity (Wildman–Crippen MR) is 102 cm³/mol. The molecule has 0 radical (unpaired) electrons. The predicted octanol–water partition coefficient (Wildman–Crippen LogP) is 4.65. The number of ether oxygens (including phenoxy) is 1. The Morgan fingerprint density at radius 3 is 2.76 bits per heavy atom. The van der Waals surface area contributed by atoms with Crippen LogP contribution in [0.4, 0.5) is 5.82 Å². The number of halogens is 2. The van der Waals surface area contributed by atoms with E-state index in [0.29, 0.717) is 12.5 Å². The van der Waals surface area contributed by atoms with Crippen LogP contribution in [0.25, 0.3) is 5.52 Å². The highest BCUT2D eigenvalue weighted by molar-refractivity contribution is 9.10. The van der Waals surface area contributed by atoms with Crippen molar-refractivity contribution in [3.63, 3.8) is 0 Å². The third-order valence-corrected chi connectivity index (χ3v) is 5.49. The molecule has 3 aromatic rings. The number of benzene rings is 1. The minimum atomic E-state index is 0.220. The van der Waals surface area contributed by atoms with Crippen molar-refractivity contribution in [2.45, 2.75) is 25.3 Å². The van der Waals surface area contributed by atoms with Gasteiger partial charge in [-0.25, -0.2) is 4.52 Å². The summed E-state index contributed by atoms with van der Waals surface area (Å²) < 4.78 is 8.25. The topological polar surface area (TPSA) is 51.5 Å². The molecule has 3 heterocycles. The second kappa shape index (κ2) is 7.32. The molecule has 1 aliphatic heterocycles. The lowest BCUT2D eigenvalue weighted by Crippen LogP contribution is -2.14. The van der Waals surface area contributed by atoms with E-state index in [1.165, 1.54) is 11.1 Å². The maximum absolute atomic E-state index is 6.15. The van der Waals surface area contributed by atoms with Crippen LogP contribution < -0.4 is 5.32 Å². The van der Waals surface area contributed by atoms with Gasteiger partial charge in [-0.05, 0) is 63.5 Å². The number of hydrogen-bond donors (Lipinski definition) is 1. The van der Waals surface area contributed by atoms with Gasteiger partial charge in [0.2, 0.25) is 5.28 Å². The van der Waals surface area contributed by atoms with E-state index in [1.807, 2.05) is 22.7 Å². The molecule has 0 bridgehead atoms. The van der Waals surface area contributed by atoms with E-state index in [2.05, 4.69) is 49.5 Å². The lowest BCUT2D eigenvalue weighted by Gasteiger charge is -2.21. The van der Waals surface area contributed by atoms with E-state index in [0.717, 1.165) is 42.0 Å². The van der Waals surface area contributed by atoms with Gasteiger partial charge in [-0.3, -0.25) is 0 Å². The van der Waals surface area contributed by atoms with Gasteiger partial charge >= 0.3 is 0 Å². The highest BCUT2D eigenvalue weighted by Gasteiger charge is 2.23. The number of nitrogens with zero attached hydrogens (tertiary/aromatic N) is 3. The normalized spacial score (nSPS) is 15.6. The number of fused-ring (bicyclic) bond motifs is 1. The van der Waals surface area contributed by atoms with Crippen molar-refractivity contribution in [2.24, 2.45) is 0 Å². The van der Waals surface area contributed by atoms with Crippen LogP contribution in [0, 0.1) is 0 Å². The molecule has 130 valence electrons. The fourth-order valence-corrected chi connectivity index (χ4v) is 4.09. The van der Waals surface area contributed by atoms with Crippen molar-refractivity contribution in [3.05, 3.63) is 57.4 Å². The van der Waals surface area contributed by atoms with E-state index in [9.17, 15) is 0 Å². The Kier molecular flexibility index (Phi) is 4.92. The van der Waals surface area contributed by atoms with Gasteiger partial charge in [0.25, 0.3) is 0 Å². The number of nitrogens with one attached hydrogen (secondary N) is 1. The number of rotatable bonds is 4. The SMILES string of the molecule is Clc1nc(NCc2ccccc2)c2cc(C3CCOCC3)c(Br)n2n1. The van der Waals surface area contributed by atoms with Crippen molar-refractivity contribution in [2.75, 3.05) is 18.5 Å². The molecule has 0 saturated carbocycles. The van der Waals surface area contributed by atoms with Gasteiger partial charge in [-0.2, -0.15) is 4.98 Å². The second-order valence-corrected chi connectivity index (χ2v) is 7.23. The molecule has 1 saturated heterocycles. The molecule has 0 unspecified atom stereocenters. The average Bonchev–Trinajstić information content (AvgIpc) is 2.98. The van der Waals surface area contributed by atoms with Crippen LogP contribution in [0.3, 0.4) is 0 Å². The van der Waals surface area contributed by atoms with Crippen LogP contribution in [0.15, 0.2) is 41.0 Å². The fraction of sp³-hybridized carbons (Fsp3) is 0.333. The maximum Gasteiger partial charge on any atom is 0.243 e. The van der Waals surface area contributed by atoms with Gasteiger partial charge in [-0.1, -0.05) is 30.3 Å². The zero-order valence-corrected chi connectivity index (χ0v) is 15.9. The molecule has 5 nitrogen and oxygen atoms in total. The zero-order chi connectivity index (χ0) is 17.2. The molecule has 7 heteroatoms. The Balaban J connectivity index is 1.68. The molecule has 1 fully saturated rings. The summed E-state index contributed by atoms with van der Waals surface area (Å²) >= 11 is 9.85. The van der Waals surface area contributed by atoms with Crippen LogP contribution in [-0.4, -0.2) is 27.8 Å². The summed E-state index contributed by atoms with van der Waals surface area (Å²) in [6.45, 7) is 2.28. The maximum atomic E-state index is 6.15. The van der Waals surface area contributed by atoms with Gasteiger partial charge in [0.05, 0.1) is 0 Å². The van der Waals surface area contributed by atoms with Crippen molar-refractivity contribution in [3.8, 4) is 0 Å². The first-order valence-electron chi connectivity index (χ1n) is 8.32. The van der Waals surface area contributed by atoms with Gasteiger partial charge in [0.1, 0.15) is 10.1 Å². The Morgan fingerprint density at radius 2 is 2.00 bits per heavy atom. The monoisotopic (exact) mass is 420 g/mol. The van der Waals surface area contributed by atoms with Crippen molar-refractivity contribution in [1.29, 1.82) is 0 Å². The Bertz CT molecular complexity index is 878. The molecule has 1 aromatic carbocycles. The summed E-state index contributed by atoms with van der Waals surface area (Å²) in [6, 6.07) is 12.4. The minimum absolute atomic E-state index is 0.220. The van der Waals surface area contributed by atoms with Gasteiger partial charge < -0.3 is 10.1 Å². The highest BCUT2D eigenvalue weighted by atomic mass is 79.9. The van der Waals surface area contributed by atoms with Crippen molar-refractivity contribution >= 4 is 38.9 Å². The quantitative estimate of drug-likeness (QED) is 0.666. The summed E-state index contributed by atoms with van der Waals surface area (Å²) in [4.78, 5) is 4.39. The van der Waals surface area contributed by atoms with Crippen molar-refractivity contribution < 1.29 is 4.74 Å². The summed E-state index contributed by atoms with van der Waals surface area (Å²) in [7, 11) is 0. The lowest BCUT2D eigenvalue weighted by atomic mass is 9.94. The number of aromatic nitrogens is 3. The molecule has 2 aromatic heterocycles. The van der Waals surface area contributed by atoms with Gasteiger partial charge in [0, 0.05) is 19.8 Å². The van der Waals surface area contributed by atoms with Crippen LogP contribution >= 0.6 is 27.5 Å². The molecular formula is C18H18BrClN4O. The first-order valence-corrected chi connectivity index (χ1v) is 9.49. The van der Waals surface area contributed by atoms with E-state index in [1.54, 1.807) is 0 Å². The molecule has 0 amide bonds. The Labute approximate surface area is 159 Å². The molecule has 0 atom stereocenters. The average molecular weight is 422 g/mol. The van der Waals surface area contributed by atoms with Crippen LogP contribution in [-0.2, 0) is 11.3 Å². The van der Waals surface area contributed by atoms with E-state index < -0.39 is 0 Å². The van der Waals surface area contributed by atoms with Gasteiger partial charge in [0.15, 0.2) is 5.82 Å². The fourth-order valence-electron chi connectivity index (χ4n) is 3.22. The number of hydrogen-bond acceptors (Lipinski definition) is 4. The largest absolute Gasteiger partial charge is 0.381 e. The number of anilines is 1. The third-order valence-electron chi connectivity index (χ3n) is 4.54. The zero-order valence-electron chi connectivity index (χ0n) is 13.6. The molecule has 1 aliphatic rings. The molecule has 0 spiro atoms. The molecular weight excluding hydrogens is 404 g/mol. The van der Waals surface area contributed by atoms with Crippen LogP contribution in [0.1, 0.15) is 29.9 Å². The Hall–Kier alpha value is -1.63. The smallest absolute Gasteiger partial charge is 0.243 e. The summed E-state index contributed by atoms with van der Waals surface area (Å²) in [5.41, 5.74) is 3.35. The highest BCUT2D eigenvalue weighted by Crippen LogP contribution is 2.36.